The SMILES string of the molecule is CCCCC(N)(CC)Cc1ccc(Cl)c(F)c1. The summed E-state index contributed by atoms with van der Waals surface area (Å²) in [6, 6.07) is 4.95. The second-order valence-electron chi connectivity index (χ2n) is 4.74. The fourth-order valence-corrected chi connectivity index (χ4v) is 2.09. The Morgan fingerprint density at radius 1 is 1.35 bits per heavy atom. The van der Waals surface area contributed by atoms with Crippen LogP contribution in [0.2, 0.25) is 5.02 Å². The van der Waals surface area contributed by atoms with Gasteiger partial charge in [-0.05, 0) is 37.0 Å². The summed E-state index contributed by atoms with van der Waals surface area (Å²) in [6.45, 7) is 4.24. The quantitative estimate of drug-likeness (QED) is 0.807. The van der Waals surface area contributed by atoms with E-state index < -0.39 is 0 Å². The minimum atomic E-state index is -0.363. The van der Waals surface area contributed by atoms with E-state index in [2.05, 4.69) is 13.8 Å². The van der Waals surface area contributed by atoms with Crippen molar-refractivity contribution in [3.8, 4) is 0 Å². The smallest absolute Gasteiger partial charge is 0.142 e. The summed E-state index contributed by atoms with van der Waals surface area (Å²) in [5.41, 5.74) is 7.05. The van der Waals surface area contributed by atoms with E-state index in [0.29, 0.717) is 6.42 Å². The molecule has 0 saturated carbocycles. The highest BCUT2D eigenvalue weighted by atomic mass is 35.5. The molecular formula is C14H21ClFN. The Kier molecular flexibility index (Phi) is 5.41. The van der Waals surface area contributed by atoms with Crippen LogP contribution in [0.3, 0.4) is 0 Å². The van der Waals surface area contributed by atoms with Crippen molar-refractivity contribution in [2.75, 3.05) is 0 Å². The number of hydrogen-bond donors (Lipinski definition) is 1. The first-order valence-electron chi connectivity index (χ1n) is 6.23. The lowest BCUT2D eigenvalue weighted by Crippen LogP contribution is -2.41. The molecule has 0 aliphatic heterocycles. The standard InChI is InChI=1S/C14H21ClFN/c1-3-5-8-14(17,4-2)10-11-6-7-12(15)13(16)9-11/h6-7,9H,3-5,8,10,17H2,1-2H3. The summed E-state index contributed by atoms with van der Waals surface area (Å²) in [5.74, 6) is -0.363. The molecule has 0 aromatic heterocycles. The van der Waals surface area contributed by atoms with Gasteiger partial charge in [0, 0.05) is 5.54 Å². The van der Waals surface area contributed by atoms with Gasteiger partial charge >= 0.3 is 0 Å². The highest BCUT2D eigenvalue weighted by molar-refractivity contribution is 6.30. The molecule has 0 spiro atoms. The van der Waals surface area contributed by atoms with E-state index in [1.165, 1.54) is 6.07 Å². The van der Waals surface area contributed by atoms with Gasteiger partial charge in [-0.15, -0.1) is 0 Å². The molecule has 0 aliphatic carbocycles. The summed E-state index contributed by atoms with van der Waals surface area (Å²) >= 11 is 5.66. The van der Waals surface area contributed by atoms with Crippen LogP contribution in [0.1, 0.15) is 45.1 Å². The van der Waals surface area contributed by atoms with E-state index in [1.54, 1.807) is 6.07 Å². The first kappa shape index (κ1) is 14.5. The number of halogens is 2. The number of nitrogens with two attached hydrogens (primary N) is 1. The van der Waals surface area contributed by atoms with Crippen molar-refractivity contribution in [2.24, 2.45) is 5.73 Å². The summed E-state index contributed by atoms with van der Waals surface area (Å²) < 4.78 is 13.3. The maximum atomic E-state index is 13.3. The lowest BCUT2D eigenvalue weighted by atomic mass is 9.84. The minimum Gasteiger partial charge on any atom is -0.325 e. The van der Waals surface area contributed by atoms with Crippen molar-refractivity contribution in [2.45, 2.75) is 51.5 Å². The van der Waals surface area contributed by atoms with Crippen LogP contribution in [0.5, 0.6) is 0 Å². The fourth-order valence-electron chi connectivity index (χ4n) is 1.98. The van der Waals surface area contributed by atoms with Gasteiger partial charge in [-0.1, -0.05) is 44.4 Å². The largest absolute Gasteiger partial charge is 0.325 e. The maximum absolute atomic E-state index is 13.3. The molecular weight excluding hydrogens is 237 g/mol. The molecule has 0 heterocycles. The van der Waals surface area contributed by atoms with Crippen molar-refractivity contribution in [1.82, 2.24) is 0 Å². The maximum Gasteiger partial charge on any atom is 0.142 e. The molecule has 1 aromatic rings. The molecule has 0 saturated heterocycles. The summed E-state index contributed by atoms with van der Waals surface area (Å²) in [6.07, 6.45) is 4.83. The molecule has 0 aliphatic rings. The normalized spacial score (nSPS) is 14.6. The molecule has 1 nitrogen and oxygen atoms in total. The first-order chi connectivity index (χ1) is 8.00. The monoisotopic (exact) mass is 257 g/mol. The summed E-state index contributed by atoms with van der Waals surface area (Å²) in [4.78, 5) is 0. The highest BCUT2D eigenvalue weighted by Gasteiger charge is 2.22. The molecule has 2 N–H and O–H groups in total. The zero-order valence-electron chi connectivity index (χ0n) is 10.6. The van der Waals surface area contributed by atoms with Gasteiger partial charge in [0.2, 0.25) is 0 Å². The van der Waals surface area contributed by atoms with Crippen LogP contribution in [0.4, 0.5) is 4.39 Å². The van der Waals surface area contributed by atoms with E-state index in [4.69, 9.17) is 17.3 Å². The lowest BCUT2D eigenvalue weighted by Gasteiger charge is -2.28. The van der Waals surface area contributed by atoms with Crippen LogP contribution in [-0.4, -0.2) is 5.54 Å². The molecule has 1 aromatic carbocycles. The molecule has 0 bridgehead atoms. The average molecular weight is 258 g/mol. The van der Waals surface area contributed by atoms with E-state index in [0.717, 1.165) is 31.2 Å². The molecule has 0 amide bonds. The number of rotatable bonds is 6. The molecule has 0 radical (unpaired) electrons. The molecule has 1 atom stereocenters. The van der Waals surface area contributed by atoms with Gasteiger partial charge in [0.25, 0.3) is 0 Å². The van der Waals surface area contributed by atoms with Gasteiger partial charge in [0.15, 0.2) is 0 Å². The van der Waals surface area contributed by atoms with Crippen LogP contribution >= 0.6 is 11.6 Å². The zero-order valence-corrected chi connectivity index (χ0v) is 11.4. The lowest BCUT2D eigenvalue weighted by molar-refractivity contribution is 0.364. The van der Waals surface area contributed by atoms with Gasteiger partial charge in [0.1, 0.15) is 5.82 Å². The van der Waals surface area contributed by atoms with E-state index in [-0.39, 0.29) is 16.4 Å². The van der Waals surface area contributed by atoms with Crippen molar-refractivity contribution < 1.29 is 4.39 Å². The van der Waals surface area contributed by atoms with Crippen molar-refractivity contribution >= 4 is 11.6 Å². The highest BCUT2D eigenvalue weighted by Crippen LogP contribution is 2.23. The van der Waals surface area contributed by atoms with Crippen LogP contribution in [0.15, 0.2) is 18.2 Å². The Morgan fingerprint density at radius 2 is 2.06 bits per heavy atom. The van der Waals surface area contributed by atoms with Crippen molar-refractivity contribution in [3.05, 3.63) is 34.6 Å². The molecule has 1 rings (SSSR count). The average Bonchev–Trinajstić information content (AvgIpc) is 2.31. The minimum absolute atomic E-state index is 0.168. The first-order valence-corrected chi connectivity index (χ1v) is 6.61. The third kappa shape index (κ3) is 4.29. The Labute approximate surface area is 108 Å². The molecule has 3 heteroatoms. The third-order valence-electron chi connectivity index (χ3n) is 3.27. The third-order valence-corrected chi connectivity index (χ3v) is 3.58. The van der Waals surface area contributed by atoms with E-state index in [1.807, 2.05) is 6.07 Å². The Bertz CT molecular complexity index is 367. The molecule has 1 unspecified atom stereocenters. The van der Waals surface area contributed by atoms with Crippen LogP contribution in [-0.2, 0) is 6.42 Å². The van der Waals surface area contributed by atoms with Crippen LogP contribution in [0.25, 0.3) is 0 Å². The molecule has 17 heavy (non-hydrogen) atoms. The van der Waals surface area contributed by atoms with Crippen LogP contribution < -0.4 is 5.73 Å². The Hall–Kier alpha value is -0.600. The van der Waals surface area contributed by atoms with Crippen molar-refractivity contribution in [3.63, 3.8) is 0 Å². The predicted octanol–water partition coefficient (Wildman–Crippen LogP) is 4.32. The number of hydrogen-bond acceptors (Lipinski definition) is 1. The zero-order chi connectivity index (χ0) is 12.9. The van der Waals surface area contributed by atoms with Gasteiger partial charge in [0.05, 0.1) is 5.02 Å². The van der Waals surface area contributed by atoms with Gasteiger partial charge in [-0.2, -0.15) is 0 Å². The molecule has 0 fully saturated rings. The molecule has 96 valence electrons. The van der Waals surface area contributed by atoms with Crippen molar-refractivity contribution in [1.29, 1.82) is 0 Å². The van der Waals surface area contributed by atoms with Crippen LogP contribution in [0, 0.1) is 5.82 Å². The second-order valence-corrected chi connectivity index (χ2v) is 5.15. The second kappa shape index (κ2) is 6.36. The topological polar surface area (TPSA) is 26.0 Å². The summed E-state index contributed by atoms with van der Waals surface area (Å²) in [7, 11) is 0. The van der Waals surface area contributed by atoms with E-state index in [9.17, 15) is 4.39 Å². The fraction of sp³-hybridized carbons (Fsp3) is 0.571. The Balaban J connectivity index is 2.76. The predicted molar refractivity (Wildman–Crippen MR) is 71.8 cm³/mol. The number of benzene rings is 1. The van der Waals surface area contributed by atoms with Gasteiger partial charge in [-0.25, -0.2) is 4.39 Å². The van der Waals surface area contributed by atoms with Gasteiger partial charge in [-0.3, -0.25) is 0 Å². The Morgan fingerprint density at radius 3 is 2.59 bits per heavy atom. The number of unbranched alkanes of at least 4 members (excludes halogenated alkanes) is 1. The van der Waals surface area contributed by atoms with E-state index >= 15 is 0 Å². The summed E-state index contributed by atoms with van der Waals surface area (Å²) in [5, 5.41) is 0.168. The van der Waals surface area contributed by atoms with Gasteiger partial charge < -0.3 is 5.73 Å².